The summed E-state index contributed by atoms with van der Waals surface area (Å²) in [6.07, 6.45) is 1.13. The van der Waals surface area contributed by atoms with Gasteiger partial charge in [-0.15, -0.1) is 11.8 Å². The molecule has 0 aliphatic heterocycles. The summed E-state index contributed by atoms with van der Waals surface area (Å²) >= 11 is 1.66. The number of nitrogens with zero attached hydrogens (tertiary/aromatic N) is 1. The van der Waals surface area contributed by atoms with E-state index in [-0.39, 0.29) is 5.88 Å². The number of aromatic hydroxyl groups is 1. The number of rotatable bonds is 3. The van der Waals surface area contributed by atoms with E-state index in [1.165, 1.54) is 0 Å². The van der Waals surface area contributed by atoms with E-state index in [0.717, 1.165) is 17.2 Å². The Balaban J connectivity index is 2.56. The number of aromatic nitrogens is 1. The molecule has 0 radical (unpaired) electrons. The van der Waals surface area contributed by atoms with Crippen LogP contribution in [-0.4, -0.2) is 15.8 Å². The lowest BCUT2D eigenvalue weighted by molar-refractivity contribution is 0.449. The van der Waals surface area contributed by atoms with Gasteiger partial charge in [0, 0.05) is 6.07 Å². The fraction of sp³-hybridized carbons (Fsp3) is 0.375. The van der Waals surface area contributed by atoms with Crippen molar-refractivity contribution in [2.75, 3.05) is 5.75 Å². The van der Waals surface area contributed by atoms with Gasteiger partial charge in [0.05, 0.1) is 0 Å². The van der Waals surface area contributed by atoms with Crippen molar-refractivity contribution in [2.24, 2.45) is 0 Å². The van der Waals surface area contributed by atoms with Gasteiger partial charge < -0.3 is 5.11 Å². The van der Waals surface area contributed by atoms with Crippen molar-refractivity contribution in [1.82, 2.24) is 4.98 Å². The molecule has 0 bridgehead atoms. The Labute approximate surface area is 70.7 Å². The van der Waals surface area contributed by atoms with Crippen LogP contribution in [0.15, 0.2) is 23.2 Å². The van der Waals surface area contributed by atoms with Gasteiger partial charge in [0.15, 0.2) is 0 Å². The molecule has 11 heavy (non-hydrogen) atoms. The van der Waals surface area contributed by atoms with Gasteiger partial charge in [0.2, 0.25) is 5.88 Å². The van der Waals surface area contributed by atoms with Crippen molar-refractivity contribution in [3.8, 4) is 5.88 Å². The Bertz CT molecular complexity index is 227. The van der Waals surface area contributed by atoms with Gasteiger partial charge in [-0.2, -0.15) is 0 Å². The average Bonchev–Trinajstić information content (AvgIpc) is 2.01. The molecule has 0 unspecified atom stereocenters. The first-order valence-corrected chi connectivity index (χ1v) is 4.60. The summed E-state index contributed by atoms with van der Waals surface area (Å²) in [6, 6.07) is 5.29. The van der Waals surface area contributed by atoms with E-state index in [0.29, 0.717) is 0 Å². The summed E-state index contributed by atoms with van der Waals surface area (Å²) in [6.45, 7) is 2.12. The summed E-state index contributed by atoms with van der Waals surface area (Å²) in [7, 11) is 0. The highest BCUT2D eigenvalue weighted by atomic mass is 32.2. The molecule has 0 fully saturated rings. The molecule has 1 rings (SSSR count). The largest absolute Gasteiger partial charge is 0.493 e. The van der Waals surface area contributed by atoms with Crippen LogP contribution < -0.4 is 0 Å². The molecular formula is C8H11NOS. The van der Waals surface area contributed by atoms with E-state index in [4.69, 9.17) is 5.11 Å². The van der Waals surface area contributed by atoms with Crippen LogP contribution in [0.25, 0.3) is 0 Å². The highest BCUT2D eigenvalue weighted by Gasteiger charge is 1.94. The molecule has 3 heteroatoms. The topological polar surface area (TPSA) is 33.1 Å². The smallest absolute Gasteiger partial charge is 0.211 e. The Hall–Kier alpha value is -0.700. The third-order valence-corrected chi connectivity index (χ3v) is 2.30. The zero-order valence-corrected chi connectivity index (χ0v) is 7.27. The van der Waals surface area contributed by atoms with Crippen LogP contribution in [-0.2, 0) is 0 Å². The van der Waals surface area contributed by atoms with Crippen molar-refractivity contribution >= 4 is 11.8 Å². The van der Waals surface area contributed by atoms with Gasteiger partial charge in [0.1, 0.15) is 5.03 Å². The van der Waals surface area contributed by atoms with Crippen molar-refractivity contribution in [2.45, 2.75) is 18.4 Å². The first-order valence-electron chi connectivity index (χ1n) is 3.61. The molecule has 0 aliphatic rings. The van der Waals surface area contributed by atoms with E-state index in [1.54, 1.807) is 23.9 Å². The molecule has 0 amide bonds. The third-order valence-electron chi connectivity index (χ3n) is 1.16. The lowest BCUT2D eigenvalue weighted by Gasteiger charge is -1.97. The predicted octanol–water partition coefficient (Wildman–Crippen LogP) is 2.29. The second-order valence-electron chi connectivity index (χ2n) is 2.18. The SMILES string of the molecule is CCCSc1cccc(O)n1. The van der Waals surface area contributed by atoms with Crippen LogP contribution in [0.5, 0.6) is 5.88 Å². The summed E-state index contributed by atoms with van der Waals surface area (Å²) in [5.74, 6) is 1.15. The molecule has 1 N–H and O–H groups in total. The lowest BCUT2D eigenvalue weighted by atomic mass is 10.5. The Morgan fingerprint density at radius 3 is 3.00 bits per heavy atom. The van der Waals surface area contributed by atoms with E-state index in [2.05, 4.69) is 11.9 Å². The fourth-order valence-corrected chi connectivity index (χ4v) is 1.44. The van der Waals surface area contributed by atoms with Gasteiger partial charge in [0.25, 0.3) is 0 Å². The minimum Gasteiger partial charge on any atom is -0.493 e. The number of hydrogen-bond donors (Lipinski definition) is 1. The van der Waals surface area contributed by atoms with E-state index < -0.39 is 0 Å². The van der Waals surface area contributed by atoms with Crippen LogP contribution in [0.2, 0.25) is 0 Å². The van der Waals surface area contributed by atoms with Gasteiger partial charge in [-0.3, -0.25) is 0 Å². The zero-order chi connectivity index (χ0) is 8.10. The lowest BCUT2D eigenvalue weighted by Crippen LogP contribution is -1.80. The first kappa shape index (κ1) is 8.40. The summed E-state index contributed by atoms with van der Waals surface area (Å²) < 4.78 is 0. The Morgan fingerprint density at radius 1 is 1.55 bits per heavy atom. The van der Waals surface area contributed by atoms with Crippen LogP contribution in [0, 0.1) is 0 Å². The maximum absolute atomic E-state index is 8.99. The average molecular weight is 169 g/mol. The molecule has 0 atom stereocenters. The molecular weight excluding hydrogens is 158 g/mol. The van der Waals surface area contributed by atoms with Gasteiger partial charge in [-0.25, -0.2) is 4.98 Å². The van der Waals surface area contributed by atoms with Crippen LogP contribution in [0.1, 0.15) is 13.3 Å². The van der Waals surface area contributed by atoms with Crippen molar-refractivity contribution in [1.29, 1.82) is 0 Å². The number of pyridine rings is 1. The highest BCUT2D eigenvalue weighted by Crippen LogP contribution is 2.17. The zero-order valence-electron chi connectivity index (χ0n) is 6.45. The summed E-state index contributed by atoms with van der Waals surface area (Å²) in [5.41, 5.74) is 0. The molecule has 1 aromatic rings. The molecule has 0 aromatic carbocycles. The van der Waals surface area contributed by atoms with Gasteiger partial charge >= 0.3 is 0 Å². The maximum Gasteiger partial charge on any atom is 0.211 e. The summed E-state index contributed by atoms with van der Waals surface area (Å²) in [5, 5.41) is 9.88. The maximum atomic E-state index is 8.99. The minimum atomic E-state index is 0.103. The van der Waals surface area contributed by atoms with Gasteiger partial charge in [-0.1, -0.05) is 13.0 Å². The second kappa shape index (κ2) is 4.23. The number of thioether (sulfide) groups is 1. The van der Waals surface area contributed by atoms with Crippen LogP contribution in [0.3, 0.4) is 0 Å². The van der Waals surface area contributed by atoms with Crippen molar-refractivity contribution in [3.63, 3.8) is 0 Å². The van der Waals surface area contributed by atoms with Crippen LogP contribution in [0.4, 0.5) is 0 Å². The van der Waals surface area contributed by atoms with Crippen LogP contribution >= 0.6 is 11.8 Å². The van der Waals surface area contributed by atoms with Gasteiger partial charge in [-0.05, 0) is 18.2 Å². The molecule has 1 aromatic heterocycles. The van der Waals surface area contributed by atoms with Crippen molar-refractivity contribution < 1.29 is 5.11 Å². The standard InChI is InChI=1S/C8H11NOS/c1-2-6-11-8-5-3-4-7(10)9-8/h3-5H,2,6H2,1H3,(H,9,10). The van der Waals surface area contributed by atoms with E-state index in [9.17, 15) is 0 Å². The molecule has 2 nitrogen and oxygen atoms in total. The molecule has 0 saturated carbocycles. The number of hydrogen-bond acceptors (Lipinski definition) is 3. The molecule has 0 saturated heterocycles. The molecule has 1 heterocycles. The Morgan fingerprint density at radius 2 is 2.36 bits per heavy atom. The molecule has 0 spiro atoms. The first-order chi connectivity index (χ1) is 5.33. The second-order valence-corrected chi connectivity index (χ2v) is 3.30. The predicted molar refractivity (Wildman–Crippen MR) is 46.9 cm³/mol. The van der Waals surface area contributed by atoms with E-state index >= 15 is 0 Å². The minimum absolute atomic E-state index is 0.103. The molecule has 60 valence electrons. The van der Waals surface area contributed by atoms with E-state index in [1.807, 2.05) is 6.07 Å². The Kier molecular flexibility index (Phi) is 3.23. The molecule has 0 aliphatic carbocycles. The summed E-state index contributed by atoms with van der Waals surface area (Å²) in [4.78, 5) is 3.93. The fourth-order valence-electron chi connectivity index (χ4n) is 0.691. The quantitative estimate of drug-likeness (QED) is 0.705. The third kappa shape index (κ3) is 2.80. The van der Waals surface area contributed by atoms with Crippen molar-refractivity contribution in [3.05, 3.63) is 18.2 Å². The normalized spacial score (nSPS) is 9.91. The highest BCUT2D eigenvalue weighted by molar-refractivity contribution is 7.99. The monoisotopic (exact) mass is 169 g/mol.